The molecule has 0 saturated heterocycles. The average molecular weight is 356 g/mol. The van der Waals surface area contributed by atoms with Gasteiger partial charge in [-0.1, -0.05) is 24.2 Å². The van der Waals surface area contributed by atoms with Gasteiger partial charge < -0.3 is 15.4 Å². The number of aromatic nitrogens is 2. The molecule has 0 bridgehead atoms. The third-order valence-corrected chi connectivity index (χ3v) is 3.55. The van der Waals surface area contributed by atoms with Crippen LogP contribution < -0.4 is 0 Å². The van der Waals surface area contributed by atoms with Crippen molar-refractivity contribution in [1.82, 2.24) is 9.97 Å². The zero-order chi connectivity index (χ0) is 19.5. The second-order valence-corrected chi connectivity index (χ2v) is 6.15. The van der Waals surface area contributed by atoms with Gasteiger partial charge in [0.15, 0.2) is 0 Å². The van der Waals surface area contributed by atoms with Gasteiger partial charge >= 0.3 is 0 Å². The van der Waals surface area contributed by atoms with Crippen molar-refractivity contribution in [2.75, 3.05) is 13.7 Å². The van der Waals surface area contributed by atoms with Gasteiger partial charge in [-0.3, -0.25) is 9.97 Å². The first-order valence-corrected chi connectivity index (χ1v) is 8.51. The maximum Gasteiger partial charge on any atom is 0.106 e. The van der Waals surface area contributed by atoms with E-state index in [1.54, 1.807) is 6.92 Å². The molecule has 6 nitrogen and oxygen atoms in total. The summed E-state index contributed by atoms with van der Waals surface area (Å²) in [5.74, 6) is 0.224. The van der Waals surface area contributed by atoms with E-state index in [9.17, 15) is 0 Å². The number of pyridine rings is 2. The summed E-state index contributed by atoms with van der Waals surface area (Å²) in [6.07, 6.45) is 0.768. The highest BCUT2D eigenvalue weighted by Gasteiger charge is 2.05. The number of nitrogens with zero attached hydrogens (tertiary/aromatic N) is 3. The van der Waals surface area contributed by atoms with Crippen LogP contribution in [-0.4, -0.2) is 40.2 Å². The fourth-order valence-electron chi connectivity index (χ4n) is 2.15. The highest BCUT2D eigenvalue weighted by Crippen LogP contribution is 2.07. The van der Waals surface area contributed by atoms with Crippen molar-refractivity contribution < 1.29 is 9.94 Å². The number of hydrogen-bond donors (Lipinski definition) is 2. The molecule has 0 aliphatic carbocycles. The molecule has 0 aliphatic rings. The SMILES string of the molecule is CC(=N)c1cccc(C)n1.CO/N=C(\C)c1cccc(CC(C)CO)n1. The molecule has 26 heavy (non-hydrogen) atoms. The summed E-state index contributed by atoms with van der Waals surface area (Å²) in [6, 6.07) is 11.5. The number of aryl methyl sites for hydroxylation is 1. The van der Waals surface area contributed by atoms with Crippen molar-refractivity contribution in [3.8, 4) is 0 Å². The maximum atomic E-state index is 8.99. The molecule has 0 aliphatic heterocycles. The third-order valence-electron chi connectivity index (χ3n) is 3.55. The first-order valence-electron chi connectivity index (χ1n) is 8.51. The van der Waals surface area contributed by atoms with Crippen molar-refractivity contribution in [2.45, 2.75) is 34.1 Å². The van der Waals surface area contributed by atoms with Gasteiger partial charge in [-0.25, -0.2) is 0 Å². The maximum absolute atomic E-state index is 8.99. The van der Waals surface area contributed by atoms with Crippen molar-refractivity contribution in [3.63, 3.8) is 0 Å². The lowest BCUT2D eigenvalue weighted by Crippen LogP contribution is -2.08. The van der Waals surface area contributed by atoms with E-state index in [0.29, 0.717) is 5.71 Å². The minimum atomic E-state index is 0.178. The summed E-state index contributed by atoms with van der Waals surface area (Å²) in [7, 11) is 1.52. The second-order valence-electron chi connectivity index (χ2n) is 6.15. The number of oxime groups is 1. The smallest absolute Gasteiger partial charge is 0.106 e. The summed E-state index contributed by atoms with van der Waals surface area (Å²) in [5, 5.41) is 20.1. The fourth-order valence-corrected chi connectivity index (χ4v) is 2.15. The van der Waals surface area contributed by atoms with Crippen LogP contribution in [0.25, 0.3) is 0 Å². The van der Waals surface area contributed by atoms with Crippen molar-refractivity contribution in [1.29, 1.82) is 5.41 Å². The summed E-state index contributed by atoms with van der Waals surface area (Å²) in [6.45, 7) is 7.68. The normalized spacial score (nSPS) is 12.0. The third kappa shape index (κ3) is 7.53. The Morgan fingerprint density at radius 1 is 1.15 bits per heavy atom. The Labute approximate surface area is 155 Å². The monoisotopic (exact) mass is 356 g/mol. The molecule has 2 aromatic heterocycles. The van der Waals surface area contributed by atoms with E-state index in [-0.39, 0.29) is 12.5 Å². The summed E-state index contributed by atoms with van der Waals surface area (Å²) in [5.41, 5.74) is 4.77. The van der Waals surface area contributed by atoms with Gasteiger partial charge in [0.25, 0.3) is 0 Å². The lowest BCUT2D eigenvalue weighted by molar-refractivity contribution is 0.213. The van der Waals surface area contributed by atoms with E-state index < -0.39 is 0 Å². The number of rotatable bonds is 6. The van der Waals surface area contributed by atoms with Gasteiger partial charge in [-0.2, -0.15) is 0 Å². The molecule has 0 fully saturated rings. The Morgan fingerprint density at radius 2 is 1.81 bits per heavy atom. The Morgan fingerprint density at radius 3 is 2.35 bits per heavy atom. The first kappa shape index (κ1) is 21.4. The molecular weight excluding hydrogens is 328 g/mol. The van der Waals surface area contributed by atoms with Gasteiger partial charge in [0.1, 0.15) is 12.8 Å². The molecule has 0 aromatic carbocycles. The van der Waals surface area contributed by atoms with E-state index >= 15 is 0 Å². The van der Waals surface area contributed by atoms with Crippen LogP contribution in [0.5, 0.6) is 0 Å². The van der Waals surface area contributed by atoms with E-state index in [1.807, 2.05) is 57.2 Å². The minimum Gasteiger partial charge on any atom is -0.399 e. The van der Waals surface area contributed by atoms with Crippen LogP contribution in [0, 0.1) is 18.3 Å². The molecule has 2 heterocycles. The predicted molar refractivity (Wildman–Crippen MR) is 105 cm³/mol. The van der Waals surface area contributed by atoms with Crippen LogP contribution in [-0.2, 0) is 11.3 Å². The van der Waals surface area contributed by atoms with Gasteiger partial charge in [0, 0.05) is 18.0 Å². The standard InChI is InChI=1S/C12H18N2O2.C8H10N2/c1-9(8-15)7-11-5-4-6-12(13-11)10(2)14-16-3;1-6-4-3-5-8(10-6)7(2)9/h4-6,9,15H,7-8H2,1-3H3;3-5,9H,1-2H3/b14-10+;. The van der Waals surface area contributed by atoms with Crippen molar-refractivity contribution in [3.05, 3.63) is 59.2 Å². The van der Waals surface area contributed by atoms with Crippen molar-refractivity contribution >= 4 is 11.4 Å². The minimum absolute atomic E-state index is 0.178. The van der Waals surface area contributed by atoms with Crippen LogP contribution >= 0.6 is 0 Å². The molecule has 2 N–H and O–H groups in total. The Hall–Kier alpha value is -2.60. The lowest BCUT2D eigenvalue weighted by atomic mass is 10.1. The molecule has 2 aromatic rings. The van der Waals surface area contributed by atoms with E-state index in [4.69, 9.17) is 15.4 Å². The molecule has 6 heteroatoms. The second kappa shape index (κ2) is 11.1. The van der Waals surface area contributed by atoms with Crippen LogP contribution in [0.2, 0.25) is 0 Å². The zero-order valence-electron chi connectivity index (χ0n) is 16.2. The number of nitrogens with one attached hydrogen (secondary N) is 1. The predicted octanol–water partition coefficient (Wildman–Crippen LogP) is 3.40. The Balaban J connectivity index is 0.000000289. The summed E-state index contributed by atoms with van der Waals surface area (Å²) in [4.78, 5) is 13.3. The highest BCUT2D eigenvalue weighted by atomic mass is 16.6. The topological polar surface area (TPSA) is 91.5 Å². The first-order chi connectivity index (χ1) is 12.4. The molecule has 0 amide bonds. The molecule has 1 atom stereocenters. The quantitative estimate of drug-likeness (QED) is 0.613. The molecule has 2 rings (SSSR count). The molecule has 0 radical (unpaired) electrons. The van der Waals surface area contributed by atoms with E-state index in [1.165, 1.54) is 7.11 Å². The summed E-state index contributed by atoms with van der Waals surface area (Å²) < 4.78 is 0. The van der Waals surface area contributed by atoms with E-state index in [2.05, 4.69) is 15.1 Å². The molecule has 140 valence electrons. The largest absolute Gasteiger partial charge is 0.399 e. The van der Waals surface area contributed by atoms with Crippen LogP contribution in [0.4, 0.5) is 0 Å². The van der Waals surface area contributed by atoms with Gasteiger partial charge in [0.05, 0.1) is 17.1 Å². The number of aliphatic hydroxyl groups excluding tert-OH is 1. The van der Waals surface area contributed by atoms with Crippen LogP contribution in [0.15, 0.2) is 41.6 Å². The number of aliphatic hydroxyl groups is 1. The van der Waals surface area contributed by atoms with E-state index in [0.717, 1.165) is 34.9 Å². The Kier molecular flexibility index (Phi) is 9.15. The number of hydrogen-bond acceptors (Lipinski definition) is 6. The molecule has 0 spiro atoms. The average Bonchev–Trinajstić information content (AvgIpc) is 2.62. The van der Waals surface area contributed by atoms with Gasteiger partial charge in [-0.15, -0.1) is 0 Å². The van der Waals surface area contributed by atoms with Crippen LogP contribution in [0.3, 0.4) is 0 Å². The zero-order valence-corrected chi connectivity index (χ0v) is 16.2. The van der Waals surface area contributed by atoms with Crippen molar-refractivity contribution in [2.24, 2.45) is 11.1 Å². The Bertz CT molecular complexity index is 744. The molecule has 0 saturated carbocycles. The summed E-state index contributed by atoms with van der Waals surface area (Å²) >= 11 is 0. The lowest BCUT2D eigenvalue weighted by Gasteiger charge is -2.08. The van der Waals surface area contributed by atoms with Gasteiger partial charge in [-0.05, 0) is 57.4 Å². The highest BCUT2D eigenvalue weighted by molar-refractivity contribution is 5.96. The van der Waals surface area contributed by atoms with Gasteiger partial charge in [0.2, 0.25) is 0 Å². The molecule has 1 unspecified atom stereocenters. The fraction of sp³-hybridized carbons (Fsp3) is 0.400. The molecular formula is C20H28N4O2. The van der Waals surface area contributed by atoms with Crippen LogP contribution in [0.1, 0.15) is 43.5 Å².